The van der Waals surface area contributed by atoms with Crippen LogP contribution in [0.25, 0.3) is 5.69 Å². The SMILES string of the molecule is CCCOC[C@H]1CCN(C(=O)Nc2ccc(-n3cnnn3)cc2)C1. The highest BCUT2D eigenvalue weighted by Crippen LogP contribution is 2.19. The monoisotopic (exact) mass is 330 g/mol. The highest BCUT2D eigenvalue weighted by Gasteiger charge is 2.26. The quantitative estimate of drug-likeness (QED) is 0.818. The maximum absolute atomic E-state index is 12.3. The molecule has 2 heterocycles. The molecule has 128 valence electrons. The number of tetrazole rings is 1. The van der Waals surface area contributed by atoms with Gasteiger partial charge in [0.25, 0.3) is 0 Å². The first kappa shape index (κ1) is 16.4. The van der Waals surface area contributed by atoms with Gasteiger partial charge in [-0.25, -0.2) is 9.48 Å². The molecule has 1 fully saturated rings. The van der Waals surface area contributed by atoms with Crippen molar-refractivity contribution in [2.75, 3.05) is 31.6 Å². The molecule has 0 saturated carbocycles. The predicted octanol–water partition coefficient (Wildman–Crippen LogP) is 1.94. The lowest BCUT2D eigenvalue weighted by atomic mass is 10.1. The molecule has 0 bridgehead atoms. The van der Waals surface area contributed by atoms with Crippen LogP contribution in [0.3, 0.4) is 0 Å². The number of nitrogens with one attached hydrogen (secondary N) is 1. The van der Waals surface area contributed by atoms with Crippen molar-refractivity contribution >= 4 is 11.7 Å². The largest absolute Gasteiger partial charge is 0.381 e. The average molecular weight is 330 g/mol. The van der Waals surface area contributed by atoms with Gasteiger partial charge in [-0.1, -0.05) is 6.92 Å². The number of aromatic nitrogens is 4. The average Bonchev–Trinajstić information content (AvgIpc) is 3.28. The number of carbonyl (C=O) groups excluding carboxylic acids is 1. The normalized spacial score (nSPS) is 17.2. The number of carbonyl (C=O) groups is 1. The van der Waals surface area contributed by atoms with Gasteiger partial charge in [0.15, 0.2) is 0 Å². The van der Waals surface area contributed by atoms with Crippen LogP contribution in [-0.2, 0) is 4.74 Å². The van der Waals surface area contributed by atoms with Crippen molar-refractivity contribution in [2.24, 2.45) is 5.92 Å². The van der Waals surface area contributed by atoms with Gasteiger partial charge < -0.3 is 15.0 Å². The summed E-state index contributed by atoms with van der Waals surface area (Å²) in [5.41, 5.74) is 1.59. The molecule has 1 aliphatic rings. The Morgan fingerprint density at radius 1 is 1.38 bits per heavy atom. The first-order valence-electron chi connectivity index (χ1n) is 8.23. The Labute approximate surface area is 140 Å². The van der Waals surface area contributed by atoms with E-state index < -0.39 is 0 Å². The molecule has 8 nitrogen and oxygen atoms in total. The third-order valence-corrected chi connectivity index (χ3v) is 4.01. The van der Waals surface area contributed by atoms with E-state index in [1.165, 1.54) is 6.33 Å². The minimum absolute atomic E-state index is 0.0665. The van der Waals surface area contributed by atoms with Crippen LogP contribution in [0.2, 0.25) is 0 Å². The highest BCUT2D eigenvalue weighted by molar-refractivity contribution is 5.89. The summed E-state index contributed by atoms with van der Waals surface area (Å²) in [6.07, 6.45) is 3.55. The van der Waals surface area contributed by atoms with Crippen LogP contribution < -0.4 is 5.32 Å². The summed E-state index contributed by atoms with van der Waals surface area (Å²) < 4.78 is 7.15. The van der Waals surface area contributed by atoms with Crippen molar-refractivity contribution in [1.82, 2.24) is 25.1 Å². The molecule has 1 N–H and O–H groups in total. The van der Waals surface area contributed by atoms with E-state index in [0.29, 0.717) is 5.92 Å². The van der Waals surface area contributed by atoms with Gasteiger partial charge in [-0.2, -0.15) is 0 Å². The fourth-order valence-corrected chi connectivity index (χ4v) is 2.73. The van der Waals surface area contributed by atoms with Gasteiger partial charge in [-0.05, 0) is 47.5 Å². The minimum atomic E-state index is -0.0665. The number of nitrogens with zero attached hydrogens (tertiary/aromatic N) is 5. The van der Waals surface area contributed by atoms with E-state index in [9.17, 15) is 4.79 Å². The van der Waals surface area contributed by atoms with Crippen LogP contribution in [0.15, 0.2) is 30.6 Å². The molecule has 1 aromatic heterocycles. The predicted molar refractivity (Wildman–Crippen MR) is 89.0 cm³/mol. The van der Waals surface area contributed by atoms with E-state index in [1.54, 1.807) is 4.68 Å². The van der Waals surface area contributed by atoms with Crippen LogP contribution in [0.5, 0.6) is 0 Å². The zero-order valence-corrected chi connectivity index (χ0v) is 13.8. The molecule has 2 aromatic rings. The lowest BCUT2D eigenvalue weighted by Crippen LogP contribution is -2.33. The molecule has 0 spiro atoms. The Balaban J connectivity index is 1.50. The van der Waals surface area contributed by atoms with Gasteiger partial charge in [-0.15, -0.1) is 5.10 Å². The van der Waals surface area contributed by atoms with E-state index >= 15 is 0 Å². The van der Waals surface area contributed by atoms with Crippen molar-refractivity contribution in [3.63, 3.8) is 0 Å². The Kier molecular flexibility index (Phi) is 5.37. The zero-order valence-electron chi connectivity index (χ0n) is 13.8. The molecule has 1 saturated heterocycles. The number of amides is 2. The van der Waals surface area contributed by atoms with Gasteiger partial charge in [0.1, 0.15) is 6.33 Å². The number of hydrogen-bond acceptors (Lipinski definition) is 5. The zero-order chi connectivity index (χ0) is 16.8. The second-order valence-electron chi connectivity index (χ2n) is 5.91. The molecule has 2 amide bonds. The van der Waals surface area contributed by atoms with Crippen molar-refractivity contribution in [1.29, 1.82) is 0 Å². The highest BCUT2D eigenvalue weighted by atomic mass is 16.5. The van der Waals surface area contributed by atoms with E-state index in [2.05, 4.69) is 27.8 Å². The lowest BCUT2D eigenvalue weighted by Gasteiger charge is -2.17. The van der Waals surface area contributed by atoms with E-state index in [1.807, 2.05) is 29.2 Å². The third-order valence-electron chi connectivity index (χ3n) is 4.01. The Hall–Kier alpha value is -2.48. The Morgan fingerprint density at radius 3 is 2.92 bits per heavy atom. The van der Waals surface area contributed by atoms with Crippen LogP contribution in [0, 0.1) is 5.92 Å². The van der Waals surface area contributed by atoms with E-state index in [4.69, 9.17) is 4.74 Å². The van der Waals surface area contributed by atoms with Crippen LogP contribution in [0.1, 0.15) is 19.8 Å². The van der Waals surface area contributed by atoms with Crippen LogP contribution in [0.4, 0.5) is 10.5 Å². The maximum Gasteiger partial charge on any atom is 0.321 e. The van der Waals surface area contributed by atoms with Gasteiger partial charge >= 0.3 is 6.03 Å². The van der Waals surface area contributed by atoms with Crippen molar-refractivity contribution in [2.45, 2.75) is 19.8 Å². The van der Waals surface area contributed by atoms with E-state index in [-0.39, 0.29) is 6.03 Å². The number of benzene rings is 1. The molecule has 24 heavy (non-hydrogen) atoms. The van der Waals surface area contributed by atoms with Crippen molar-refractivity contribution in [3.05, 3.63) is 30.6 Å². The van der Waals surface area contributed by atoms with Gasteiger partial charge in [-0.3, -0.25) is 0 Å². The first-order chi connectivity index (χ1) is 11.8. The molecule has 1 atom stereocenters. The van der Waals surface area contributed by atoms with Crippen molar-refractivity contribution in [3.8, 4) is 5.69 Å². The number of urea groups is 1. The van der Waals surface area contributed by atoms with Crippen LogP contribution >= 0.6 is 0 Å². The summed E-state index contributed by atoms with van der Waals surface area (Å²) in [5.74, 6) is 0.435. The number of hydrogen-bond donors (Lipinski definition) is 1. The molecule has 0 radical (unpaired) electrons. The molecule has 1 aliphatic heterocycles. The van der Waals surface area contributed by atoms with Gasteiger partial charge in [0.2, 0.25) is 0 Å². The lowest BCUT2D eigenvalue weighted by molar-refractivity contribution is 0.103. The summed E-state index contributed by atoms with van der Waals surface area (Å²) in [5, 5.41) is 14.0. The Morgan fingerprint density at radius 2 is 2.21 bits per heavy atom. The summed E-state index contributed by atoms with van der Waals surface area (Å²) in [6, 6.07) is 7.33. The summed E-state index contributed by atoms with van der Waals surface area (Å²) in [4.78, 5) is 14.2. The number of ether oxygens (including phenoxy) is 1. The van der Waals surface area contributed by atoms with Gasteiger partial charge in [0, 0.05) is 31.3 Å². The summed E-state index contributed by atoms with van der Waals surface area (Å²) >= 11 is 0. The molecule has 0 unspecified atom stereocenters. The molecule has 3 rings (SSSR count). The number of rotatable bonds is 6. The second kappa shape index (κ2) is 7.87. The topological polar surface area (TPSA) is 85.2 Å². The molecule has 0 aliphatic carbocycles. The number of likely N-dealkylation sites (tertiary alicyclic amines) is 1. The standard InChI is InChI=1S/C16H22N6O2/c1-2-9-24-11-13-7-8-21(10-13)16(23)18-14-3-5-15(6-4-14)22-12-17-19-20-22/h3-6,12-13H,2,7-11H2,1H3,(H,18,23)/t13-/m0/s1. The van der Waals surface area contributed by atoms with E-state index in [0.717, 1.165) is 50.5 Å². The third kappa shape index (κ3) is 4.08. The first-order valence-corrected chi connectivity index (χ1v) is 8.23. The minimum Gasteiger partial charge on any atom is -0.381 e. The van der Waals surface area contributed by atoms with Gasteiger partial charge in [0.05, 0.1) is 12.3 Å². The molecular weight excluding hydrogens is 308 g/mol. The smallest absolute Gasteiger partial charge is 0.321 e. The van der Waals surface area contributed by atoms with Crippen molar-refractivity contribution < 1.29 is 9.53 Å². The Bertz CT molecular complexity index is 643. The van der Waals surface area contributed by atoms with Crippen LogP contribution in [-0.4, -0.2) is 57.4 Å². The fraction of sp³-hybridized carbons (Fsp3) is 0.500. The summed E-state index contributed by atoms with van der Waals surface area (Å²) in [6.45, 7) is 5.14. The number of anilines is 1. The summed E-state index contributed by atoms with van der Waals surface area (Å²) in [7, 11) is 0. The second-order valence-corrected chi connectivity index (χ2v) is 5.91. The molecular formula is C16H22N6O2. The fourth-order valence-electron chi connectivity index (χ4n) is 2.73. The molecule has 1 aromatic carbocycles. The maximum atomic E-state index is 12.3. The molecule has 8 heteroatoms.